The molecule has 0 aromatic carbocycles. The number of amides is 1. The molecule has 0 spiro atoms. The van der Waals surface area contributed by atoms with E-state index in [0.29, 0.717) is 11.0 Å². The van der Waals surface area contributed by atoms with Crippen LogP contribution < -0.4 is 10.1 Å². The molecule has 6 heteroatoms. The Bertz CT molecular complexity index is 680. The van der Waals surface area contributed by atoms with Crippen LogP contribution in [0.5, 0.6) is 5.06 Å². The second-order valence-electron chi connectivity index (χ2n) is 6.13. The van der Waals surface area contributed by atoms with Gasteiger partial charge in [0.2, 0.25) is 0 Å². The molecule has 1 atom stereocenters. The molecule has 23 heavy (non-hydrogen) atoms. The molecule has 3 fully saturated rings. The fourth-order valence-electron chi connectivity index (χ4n) is 3.45. The van der Waals surface area contributed by atoms with Crippen LogP contribution in [0.15, 0.2) is 36.7 Å². The van der Waals surface area contributed by atoms with Gasteiger partial charge in [0.1, 0.15) is 0 Å². The summed E-state index contributed by atoms with van der Waals surface area (Å²) in [5, 5.41) is 3.66. The summed E-state index contributed by atoms with van der Waals surface area (Å²) in [6.45, 7) is 3.28. The third-order valence-corrected chi connectivity index (χ3v) is 5.71. The van der Waals surface area contributed by atoms with E-state index in [1.54, 1.807) is 12.4 Å². The van der Waals surface area contributed by atoms with E-state index in [-0.39, 0.29) is 12.1 Å². The molecule has 1 amide bonds. The molecular formula is C17H19N3O2S. The lowest BCUT2D eigenvalue weighted by Gasteiger charge is -2.44. The lowest BCUT2D eigenvalue weighted by atomic mass is 9.84. The molecule has 3 aliphatic heterocycles. The number of nitrogens with zero attached hydrogens (tertiary/aromatic N) is 2. The molecule has 0 aliphatic carbocycles. The number of fused-ring (bicyclic) bond motifs is 3. The zero-order valence-electron chi connectivity index (χ0n) is 12.8. The molecule has 120 valence electrons. The molecule has 0 unspecified atom stereocenters. The number of hydrogen-bond donors (Lipinski definition) is 1. The fraction of sp³-hybridized carbons (Fsp3) is 0.412. The van der Waals surface area contributed by atoms with Gasteiger partial charge < -0.3 is 15.0 Å². The fourth-order valence-corrected chi connectivity index (χ4v) is 4.31. The Morgan fingerprint density at radius 1 is 1.22 bits per heavy atom. The number of carbonyl (C=O) groups excluding carboxylic acids is 1. The van der Waals surface area contributed by atoms with Crippen LogP contribution in [0.2, 0.25) is 0 Å². The van der Waals surface area contributed by atoms with Crippen LogP contribution in [0.1, 0.15) is 12.8 Å². The van der Waals surface area contributed by atoms with Crippen molar-refractivity contribution in [2.45, 2.75) is 18.9 Å². The first-order valence-corrected chi connectivity index (χ1v) is 8.80. The van der Waals surface area contributed by atoms with Crippen LogP contribution in [-0.4, -0.2) is 41.7 Å². The topological polar surface area (TPSA) is 54.5 Å². The molecule has 2 aromatic heterocycles. The molecule has 2 bridgehead atoms. The molecule has 5 rings (SSSR count). The molecule has 3 aliphatic rings. The third kappa shape index (κ3) is 3.23. The molecule has 0 radical (unpaired) electrons. The van der Waals surface area contributed by atoms with Crippen molar-refractivity contribution in [3.63, 3.8) is 0 Å². The molecule has 5 heterocycles. The van der Waals surface area contributed by atoms with Crippen LogP contribution in [0.25, 0.3) is 10.4 Å². The average molecular weight is 329 g/mol. The van der Waals surface area contributed by atoms with Gasteiger partial charge in [-0.05, 0) is 61.7 Å². The second kappa shape index (κ2) is 6.29. The summed E-state index contributed by atoms with van der Waals surface area (Å²) in [7, 11) is 0. The first-order chi connectivity index (χ1) is 11.3. The van der Waals surface area contributed by atoms with Crippen LogP contribution in [0.3, 0.4) is 0 Å². The van der Waals surface area contributed by atoms with Crippen molar-refractivity contribution in [1.82, 2.24) is 15.2 Å². The lowest BCUT2D eigenvalue weighted by molar-refractivity contribution is 0.0726. The Morgan fingerprint density at radius 2 is 2.00 bits per heavy atom. The summed E-state index contributed by atoms with van der Waals surface area (Å²) in [5.74, 6) is 0.600. The minimum Gasteiger partial charge on any atom is -0.399 e. The number of rotatable bonds is 3. The van der Waals surface area contributed by atoms with E-state index < -0.39 is 0 Å². The highest BCUT2D eigenvalue weighted by Gasteiger charge is 2.35. The lowest BCUT2D eigenvalue weighted by Crippen LogP contribution is -2.57. The Balaban J connectivity index is 1.37. The van der Waals surface area contributed by atoms with E-state index in [1.807, 2.05) is 24.3 Å². The van der Waals surface area contributed by atoms with E-state index in [1.165, 1.54) is 24.2 Å². The van der Waals surface area contributed by atoms with E-state index >= 15 is 0 Å². The van der Waals surface area contributed by atoms with Gasteiger partial charge in [0.25, 0.3) is 0 Å². The van der Waals surface area contributed by atoms with Gasteiger partial charge >= 0.3 is 6.09 Å². The highest BCUT2D eigenvalue weighted by Crippen LogP contribution is 2.33. The molecular weight excluding hydrogens is 310 g/mol. The number of carbonyl (C=O) groups is 1. The van der Waals surface area contributed by atoms with Crippen LogP contribution in [0, 0.1) is 5.92 Å². The molecule has 5 nitrogen and oxygen atoms in total. The summed E-state index contributed by atoms with van der Waals surface area (Å²) in [6, 6.07) is 7.93. The summed E-state index contributed by atoms with van der Waals surface area (Å²) >= 11 is 1.47. The number of piperidine rings is 3. The maximum atomic E-state index is 12.1. The smallest absolute Gasteiger partial charge is 0.399 e. The van der Waals surface area contributed by atoms with E-state index in [2.05, 4.69) is 15.2 Å². The van der Waals surface area contributed by atoms with Gasteiger partial charge in [-0.25, -0.2) is 4.79 Å². The van der Waals surface area contributed by atoms with E-state index in [0.717, 1.165) is 30.1 Å². The normalized spacial score (nSPS) is 26.0. The molecule has 2 aromatic rings. The summed E-state index contributed by atoms with van der Waals surface area (Å²) in [6.07, 6.45) is 5.53. The maximum Gasteiger partial charge on any atom is 0.413 e. The minimum atomic E-state index is -0.341. The van der Waals surface area contributed by atoms with Crippen molar-refractivity contribution in [2.75, 3.05) is 19.6 Å². The van der Waals surface area contributed by atoms with Gasteiger partial charge in [-0.1, -0.05) is 11.3 Å². The number of aromatic nitrogens is 1. The van der Waals surface area contributed by atoms with Crippen molar-refractivity contribution in [1.29, 1.82) is 0 Å². The van der Waals surface area contributed by atoms with Crippen molar-refractivity contribution in [3.8, 4) is 15.5 Å². The monoisotopic (exact) mass is 329 g/mol. The standard InChI is InChI=1S/C17H19N3O2S/c21-17(19-14-11-20-9-5-12(14)6-10-20)22-16-2-1-15(23-16)13-3-7-18-8-4-13/h1-4,7-8,12,14H,5-6,9-11H2,(H,19,21)/t14-/m1/s1. The van der Waals surface area contributed by atoms with Crippen molar-refractivity contribution < 1.29 is 9.53 Å². The van der Waals surface area contributed by atoms with Gasteiger partial charge in [-0.15, -0.1) is 0 Å². The zero-order chi connectivity index (χ0) is 15.6. The second-order valence-corrected chi connectivity index (χ2v) is 7.18. The van der Waals surface area contributed by atoms with Gasteiger partial charge in [0.15, 0.2) is 5.06 Å². The number of thiophene rings is 1. The number of hydrogen-bond acceptors (Lipinski definition) is 5. The highest BCUT2D eigenvalue weighted by atomic mass is 32.1. The van der Waals surface area contributed by atoms with Gasteiger partial charge in [-0.2, -0.15) is 0 Å². The van der Waals surface area contributed by atoms with Crippen LogP contribution >= 0.6 is 11.3 Å². The predicted octanol–water partition coefficient (Wildman–Crippen LogP) is 2.99. The van der Waals surface area contributed by atoms with Gasteiger partial charge in [0.05, 0.1) is 0 Å². The van der Waals surface area contributed by atoms with Gasteiger partial charge in [0, 0.05) is 29.9 Å². The minimum absolute atomic E-state index is 0.227. The number of pyridine rings is 1. The van der Waals surface area contributed by atoms with Crippen LogP contribution in [-0.2, 0) is 0 Å². The summed E-state index contributed by atoms with van der Waals surface area (Å²) in [5.41, 5.74) is 1.08. The SMILES string of the molecule is O=C(N[C@@H]1CN2CCC1CC2)Oc1ccc(-c2ccncc2)s1. The highest BCUT2D eigenvalue weighted by molar-refractivity contribution is 7.17. The van der Waals surface area contributed by atoms with Crippen molar-refractivity contribution in [2.24, 2.45) is 5.92 Å². The third-order valence-electron chi connectivity index (χ3n) is 4.70. The molecule has 3 saturated heterocycles. The predicted molar refractivity (Wildman–Crippen MR) is 89.7 cm³/mol. The quantitative estimate of drug-likeness (QED) is 0.940. The molecule has 1 N–H and O–H groups in total. The van der Waals surface area contributed by atoms with Crippen molar-refractivity contribution in [3.05, 3.63) is 36.7 Å². The first-order valence-electron chi connectivity index (χ1n) is 7.99. The maximum absolute atomic E-state index is 12.1. The van der Waals surface area contributed by atoms with Crippen LogP contribution in [0.4, 0.5) is 4.79 Å². The summed E-state index contributed by atoms with van der Waals surface area (Å²) in [4.78, 5) is 19.6. The van der Waals surface area contributed by atoms with E-state index in [4.69, 9.17) is 4.74 Å². The Kier molecular flexibility index (Phi) is 4.01. The Hall–Kier alpha value is -1.92. The Labute approximate surface area is 139 Å². The average Bonchev–Trinajstić information content (AvgIpc) is 3.05. The van der Waals surface area contributed by atoms with Gasteiger partial charge in [-0.3, -0.25) is 4.98 Å². The first kappa shape index (κ1) is 14.7. The number of ether oxygens (including phenoxy) is 1. The largest absolute Gasteiger partial charge is 0.413 e. The summed E-state index contributed by atoms with van der Waals surface area (Å²) < 4.78 is 5.46. The Morgan fingerprint density at radius 3 is 2.70 bits per heavy atom. The zero-order valence-corrected chi connectivity index (χ0v) is 13.6. The molecule has 0 saturated carbocycles. The van der Waals surface area contributed by atoms with Crippen molar-refractivity contribution >= 4 is 17.4 Å². The number of nitrogens with one attached hydrogen (secondary N) is 1. The van der Waals surface area contributed by atoms with E-state index in [9.17, 15) is 4.79 Å².